The van der Waals surface area contributed by atoms with Crippen molar-refractivity contribution in [1.82, 2.24) is 0 Å². The van der Waals surface area contributed by atoms with E-state index in [-0.39, 0.29) is 17.9 Å². The number of ether oxygens (including phenoxy) is 3. The third kappa shape index (κ3) is 31.9. The van der Waals surface area contributed by atoms with Crippen LogP contribution in [-0.2, 0) is 28.6 Å². The van der Waals surface area contributed by atoms with Gasteiger partial charge in [0, 0.05) is 0 Å². The zero-order chi connectivity index (χ0) is 34.7. The standard InChI is InChI=1S/3C11H22O2S.C4H9.Sn/c3*1-2-3-4-5-6-7-8-11(12)13-9-10-14;1-3-4-2;/h3*14H,2-10H2,1H3;1,3-4H2,2H3;/q;;;;+3/p-3. The Morgan fingerprint density at radius 3 is 0.979 bits per heavy atom. The van der Waals surface area contributed by atoms with E-state index in [1.165, 1.54) is 81.5 Å². The van der Waals surface area contributed by atoms with Crippen LogP contribution in [0.5, 0.6) is 0 Å². The molecule has 0 aromatic heterocycles. The topological polar surface area (TPSA) is 78.9 Å². The van der Waals surface area contributed by atoms with Crippen molar-refractivity contribution in [1.29, 1.82) is 0 Å². The SMILES string of the molecule is CCCCCCCCC(=O)OCC[S][Sn]([CH2]CCC)([S]CCOC(=O)CCCCCCCC)[S]CCOC(=O)CCCCCCCC. The maximum atomic E-state index is 12.3. The molecule has 47 heavy (non-hydrogen) atoms. The molecule has 278 valence electrons. The molecule has 0 rings (SSSR count). The van der Waals surface area contributed by atoms with Gasteiger partial charge in [0.15, 0.2) is 0 Å². The summed E-state index contributed by atoms with van der Waals surface area (Å²) in [4.78, 5) is 37.0. The molecule has 0 aliphatic carbocycles. The van der Waals surface area contributed by atoms with E-state index in [1.54, 1.807) is 0 Å². The Hall–Kier alpha value is 0.259. The quantitative estimate of drug-likeness (QED) is 0.0265. The third-order valence-corrected chi connectivity index (χ3v) is 48.1. The van der Waals surface area contributed by atoms with Crippen LogP contribution in [0.3, 0.4) is 0 Å². The summed E-state index contributed by atoms with van der Waals surface area (Å²) in [6.45, 7) is 10.2. The van der Waals surface area contributed by atoms with Crippen LogP contribution in [-0.4, -0.2) is 69.2 Å². The van der Waals surface area contributed by atoms with Crippen LogP contribution in [0.25, 0.3) is 0 Å². The van der Waals surface area contributed by atoms with Crippen LogP contribution in [0.15, 0.2) is 0 Å². The van der Waals surface area contributed by atoms with Crippen LogP contribution in [0.2, 0.25) is 4.44 Å². The number of unbranched alkanes of at least 4 members (excludes halogenated alkanes) is 16. The molecule has 0 spiro atoms. The molecule has 0 aliphatic heterocycles. The molecule has 0 fully saturated rings. The first-order chi connectivity index (χ1) is 22.9. The fraction of sp³-hybridized carbons (Fsp3) is 0.919. The van der Waals surface area contributed by atoms with E-state index >= 15 is 0 Å². The van der Waals surface area contributed by atoms with Gasteiger partial charge in [-0.25, -0.2) is 0 Å². The van der Waals surface area contributed by atoms with E-state index in [1.807, 2.05) is 26.8 Å². The van der Waals surface area contributed by atoms with Crippen molar-refractivity contribution in [2.75, 3.05) is 37.1 Å². The average Bonchev–Trinajstić information content (AvgIpc) is 3.07. The summed E-state index contributed by atoms with van der Waals surface area (Å²) in [5.74, 6) is 2.17. The Morgan fingerprint density at radius 1 is 0.404 bits per heavy atom. The minimum atomic E-state index is -2.91. The predicted molar refractivity (Wildman–Crippen MR) is 210 cm³/mol. The molecule has 0 saturated heterocycles. The van der Waals surface area contributed by atoms with E-state index < -0.39 is 14.2 Å². The number of hydrogen-bond donors (Lipinski definition) is 0. The number of carbonyl (C=O) groups excluding carboxylic acids is 3. The Bertz CT molecular complexity index is 655. The van der Waals surface area contributed by atoms with Crippen molar-refractivity contribution in [3.63, 3.8) is 0 Å². The summed E-state index contributed by atoms with van der Waals surface area (Å²) >= 11 is -2.91. The summed E-state index contributed by atoms with van der Waals surface area (Å²) in [5.41, 5.74) is 0. The van der Waals surface area contributed by atoms with Crippen molar-refractivity contribution < 1.29 is 28.6 Å². The average molecular weight is 828 g/mol. The van der Waals surface area contributed by atoms with Crippen molar-refractivity contribution in [2.24, 2.45) is 0 Å². The molecule has 0 unspecified atom stereocenters. The number of carbonyl (C=O) groups is 3. The Balaban J connectivity index is 4.82. The summed E-state index contributed by atoms with van der Waals surface area (Å²) in [6.07, 6.45) is 24.7. The van der Waals surface area contributed by atoms with Gasteiger partial charge in [0.05, 0.1) is 0 Å². The van der Waals surface area contributed by atoms with Gasteiger partial charge in [-0.3, -0.25) is 0 Å². The van der Waals surface area contributed by atoms with Gasteiger partial charge in [-0.1, -0.05) is 20.8 Å². The van der Waals surface area contributed by atoms with Gasteiger partial charge in [-0.2, -0.15) is 0 Å². The smallest absolute Gasteiger partial charge is 0.0654 e. The monoisotopic (exact) mass is 828 g/mol. The number of hydrogen-bond acceptors (Lipinski definition) is 9. The van der Waals surface area contributed by atoms with Crippen molar-refractivity contribution >= 4 is 59.0 Å². The van der Waals surface area contributed by atoms with Gasteiger partial charge < -0.3 is 0 Å². The second-order valence-corrected chi connectivity index (χ2v) is 46.6. The van der Waals surface area contributed by atoms with Gasteiger partial charge in [0.1, 0.15) is 0 Å². The van der Waals surface area contributed by atoms with Gasteiger partial charge in [0.25, 0.3) is 0 Å². The van der Waals surface area contributed by atoms with E-state index in [0.717, 1.165) is 68.6 Å². The summed E-state index contributed by atoms with van der Waals surface area (Å²) in [5, 5.41) is 0. The zero-order valence-electron chi connectivity index (χ0n) is 30.9. The van der Waals surface area contributed by atoms with Gasteiger partial charge in [0.2, 0.25) is 0 Å². The first-order valence-electron chi connectivity index (χ1n) is 19.3. The fourth-order valence-electron chi connectivity index (χ4n) is 5.16. The molecule has 6 nitrogen and oxygen atoms in total. The zero-order valence-corrected chi connectivity index (χ0v) is 36.2. The fourth-order valence-corrected chi connectivity index (χ4v) is 43.5. The molecule has 0 bridgehead atoms. The summed E-state index contributed by atoms with van der Waals surface area (Å²) in [7, 11) is 6.09. The molecule has 0 saturated carbocycles. The molecule has 0 aliphatic rings. The van der Waals surface area contributed by atoms with Gasteiger partial charge in [-0.15, -0.1) is 0 Å². The maximum absolute atomic E-state index is 12.3. The second kappa shape index (κ2) is 36.1. The Labute approximate surface area is 302 Å². The van der Waals surface area contributed by atoms with E-state index in [0.29, 0.717) is 39.1 Å². The Morgan fingerprint density at radius 2 is 0.681 bits per heavy atom. The van der Waals surface area contributed by atoms with Crippen molar-refractivity contribution in [3.05, 3.63) is 0 Å². The minimum Gasteiger partial charge on any atom is -0.0654 e. The summed E-state index contributed by atoms with van der Waals surface area (Å²) in [6, 6.07) is 0. The first-order valence-corrected chi connectivity index (χ1v) is 34.8. The molecular weight excluding hydrogens is 755 g/mol. The molecule has 10 heteroatoms. The third-order valence-electron chi connectivity index (χ3n) is 8.04. The van der Waals surface area contributed by atoms with Gasteiger partial charge in [-0.05, 0) is 0 Å². The first kappa shape index (κ1) is 47.3. The van der Waals surface area contributed by atoms with Crippen LogP contribution < -0.4 is 0 Å². The van der Waals surface area contributed by atoms with E-state index in [4.69, 9.17) is 14.2 Å². The molecule has 0 aromatic rings. The van der Waals surface area contributed by atoms with Crippen molar-refractivity contribution in [3.8, 4) is 0 Å². The van der Waals surface area contributed by atoms with Crippen LogP contribution in [0.4, 0.5) is 0 Å². The molecule has 0 amide bonds. The molecule has 0 heterocycles. The molecule has 0 aromatic carbocycles. The van der Waals surface area contributed by atoms with E-state index in [2.05, 4.69) is 27.7 Å². The molecule has 0 radical (unpaired) electrons. The predicted octanol–water partition coefficient (Wildman–Crippen LogP) is 11.8. The number of esters is 3. The molecular formula is C37H72O6S3Sn. The normalized spacial score (nSPS) is 11.5. The second-order valence-electron chi connectivity index (χ2n) is 12.5. The Kier molecular flexibility index (Phi) is 36.3. The molecule has 0 atom stereocenters. The van der Waals surface area contributed by atoms with Gasteiger partial charge >= 0.3 is 284 Å². The molecule has 0 N–H and O–H groups in total. The van der Waals surface area contributed by atoms with Crippen LogP contribution in [0.1, 0.15) is 175 Å². The van der Waals surface area contributed by atoms with Crippen LogP contribution >= 0.6 is 26.8 Å². The van der Waals surface area contributed by atoms with Crippen LogP contribution in [0, 0.1) is 0 Å². The number of rotatable bonds is 36. The van der Waals surface area contributed by atoms with Crippen molar-refractivity contribution in [2.45, 2.75) is 180 Å². The minimum absolute atomic E-state index is 0.0784. The van der Waals surface area contributed by atoms with E-state index in [9.17, 15) is 14.4 Å². The summed E-state index contributed by atoms with van der Waals surface area (Å²) < 4.78 is 18.1.